The highest BCUT2D eigenvalue weighted by atomic mass is 16.5. The summed E-state index contributed by atoms with van der Waals surface area (Å²) in [5, 5.41) is 10.8. The summed E-state index contributed by atoms with van der Waals surface area (Å²) >= 11 is 0. The molecule has 2 aromatic rings. The number of carbonyl (C=O) groups is 1. The number of anilines is 1. The molecule has 1 N–H and O–H groups in total. The number of hydrogen-bond donors (Lipinski definition) is 1. The van der Waals surface area contributed by atoms with E-state index in [-0.39, 0.29) is 24.0 Å². The third-order valence-electron chi connectivity index (χ3n) is 7.74. The minimum absolute atomic E-state index is 0.0209. The van der Waals surface area contributed by atoms with Crippen molar-refractivity contribution in [3.8, 4) is 11.8 Å². The molecular formula is C29H35N3O3. The number of carbonyl (C=O) groups excluding carboxylic acids is 1. The number of nitrogens with zero attached hydrogens (tertiary/aromatic N) is 3. The smallest absolute Gasteiger partial charge is 0.309 e. The van der Waals surface area contributed by atoms with Crippen LogP contribution in [0.5, 0.6) is 0 Å². The highest BCUT2D eigenvalue weighted by molar-refractivity contribution is 5.72. The van der Waals surface area contributed by atoms with Gasteiger partial charge in [0.2, 0.25) is 0 Å². The summed E-state index contributed by atoms with van der Waals surface area (Å²) in [6.45, 7) is 5.91. The van der Waals surface area contributed by atoms with Crippen molar-refractivity contribution < 1.29 is 14.6 Å². The second kappa shape index (κ2) is 10.8. The van der Waals surface area contributed by atoms with E-state index in [4.69, 9.17) is 9.72 Å². The largest absolute Gasteiger partial charge is 0.466 e. The Morgan fingerprint density at radius 2 is 1.80 bits per heavy atom. The zero-order chi connectivity index (χ0) is 24.2. The second-order valence-electron chi connectivity index (χ2n) is 9.92. The van der Waals surface area contributed by atoms with Crippen molar-refractivity contribution in [1.82, 2.24) is 9.88 Å². The van der Waals surface area contributed by atoms with Gasteiger partial charge >= 0.3 is 5.97 Å². The lowest BCUT2D eigenvalue weighted by molar-refractivity contribution is -0.148. The molecule has 35 heavy (non-hydrogen) atoms. The number of aliphatic hydroxyl groups is 1. The number of piperidine rings is 4. The molecule has 6 heteroatoms. The predicted molar refractivity (Wildman–Crippen MR) is 136 cm³/mol. The van der Waals surface area contributed by atoms with Crippen LogP contribution in [0.4, 0.5) is 5.82 Å². The van der Waals surface area contributed by atoms with E-state index in [1.165, 1.54) is 5.56 Å². The molecule has 6 nitrogen and oxygen atoms in total. The summed E-state index contributed by atoms with van der Waals surface area (Å²) in [6.07, 6.45) is 4.05. The number of pyridine rings is 1. The Bertz CT molecular complexity index is 1080. The Morgan fingerprint density at radius 3 is 2.49 bits per heavy atom. The Morgan fingerprint density at radius 1 is 1.06 bits per heavy atom. The Balaban J connectivity index is 1.37. The lowest BCUT2D eigenvalue weighted by atomic mass is 9.81. The first-order valence-electron chi connectivity index (χ1n) is 13.0. The summed E-state index contributed by atoms with van der Waals surface area (Å²) in [6, 6.07) is 14.4. The topological polar surface area (TPSA) is 65.9 Å². The van der Waals surface area contributed by atoms with E-state index in [0.717, 1.165) is 68.9 Å². The van der Waals surface area contributed by atoms with Gasteiger partial charge in [-0.2, -0.15) is 0 Å². The summed E-state index contributed by atoms with van der Waals surface area (Å²) in [4.78, 5) is 21.8. The van der Waals surface area contributed by atoms with E-state index < -0.39 is 0 Å². The van der Waals surface area contributed by atoms with E-state index in [1.54, 1.807) is 0 Å². The van der Waals surface area contributed by atoms with Gasteiger partial charge in [0, 0.05) is 25.1 Å². The van der Waals surface area contributed by atoms with Crippen LogP contribution in [0.2, 0.25) is 0 Å². The predicted octanol–water partition coefficient (Wildman–Crippen LogP) is 3.26. The molecular weight excluding hydrogens is 438 g/mol. The molecule has 2 bridgehead atoms. The molecule has 4 aliphatic heterocycles. The summed E-state index contributed by atoms with van der Waals surface area (Å²) in [5.41, 5.74) is 3.08. The number of benzene rings is 1. The minimum Gasteiger partial charge on any atom is -0.466 e. The highest BCUT2D eigenvalue weighted by Gasteiger charge is 2.40. The van der Waals surface area contributed by atoms with Gasteiger partial charge in [0.1, 0.15) is 5.82 Å². The lowest BCUT2D eigenvalue weighted by Crippen LogP contribution is -2.57. The molecule has 0 aliphatic carbocycles. The number of aromatic nitrogens is 1. The molecule has 2 atom stereocenters. The molecule has 0 radical (unpaired) electrons. The van der Waals surface area contributed by atoms with Crippen molar-refractivity contribution in [1.29, 1.82) is 0 Å². The fourth-order valence-corrected chi connectivity index (χ4v) is 5.65. The van der Waals surface area contributed by atoms with E-state index in [2.05, 4.69) is 39.8 Å². The number of esters is 1. The third kappa shape index (κ3) is 5.37. The normalized spacial score (nSPS) is 26.2. The highest BCUT2D eigenvalue weighted by Crippen LogP contribution is 2.32. The fourth-order valence-electron chi connectivity index (χ4n) is 5.65. The van der Waals surface area contributed by atoms with Crippen LogP contribution >= 0.6 is 0 Å². The maximum absolute atomic E-state index is 12.1. The van der Waals surface area contributed by atoms with Crippen molar-refractivity contribution in [2.24, 2.45) is 11.8 Å². The van der Waals surface area contributed by atoms with Crippen molar-refractivity contribution in [2.45, 2.75) is 51.2 Å². The van der Waals surface area contributed by atoms with Crippen LogP contribution in [0, 0.1) is 23.7 Å². The van der Waals surface area contributed by atoms with Crippen LogP contribution in [-0.4, -0.2) is 65.9 Å². The molecule has 0 spiro atoms. The standard InChI is InChI=1S/C29H35N3O3/c1-2-35-29(34)24-14-18-32(19-15-24)27-11-9-22(25(30-27)20-21-6-4-3-5-7-21)8-10-26-28(33)23-12-16-31(26)17-13-23/h3-7,9,11,23-24,26,28,33H,2,12-20H2,1H3. The summed E-state index contributed by atoms with van der Waals surface area (Å²) < 4.78 is 5.22. The first-order valence-corrected chi connectivity index (χ1v) is 13.0. The molecule has 184 valence electrons. The minimum atomic E-state index is -0.365. The van der Waals surface area contributed by atoms with Gasteiger partial charge in [-0.3, -0.25) is 9.69 Å². The van der Waals surface area contributed by atoms with Gasteiger partial charge in [-0.1, -0.05) is 42.2 Å². The van der Waals surface area contributed by atoms with Crippen molar-refractivity contribution in [3.05, 3.63) is 59.3 Å². The quantitative estimate of drug-likeness (QED) is 0.531. The summed E-state index contributed by atoms with van der Waals surface area (Å²) in [5.74, 6) is 8.00. The Labute approximate surface area is 208 Å². The molecule has 0 amide bonds. The van der Waals surface area contributed by atoms with Gasteiger partial charge < -0.3 is 14.7 Å². The van der Waals surface area contributed by atoms with E-state index in [1.807, 2.05) is 31.2 Å². The van der Waals surface area contributed by atoms with Gasteiger partial charge in [-0.15, -0.1) is 0 Å². The van der Waals surface area contributed by atoms with Crippen LogP contribution in [-0.2, 0) is 16.0 Å². The molecule has 6 rings (SSSR count). The molecule has 2 unspecified atom stereocenters. The van der Waals surface area contributed by atoms with Gasteiger partial charge in [-0.05, 0) is 69.3 Å². The van der Waals surface area contributed by atoms with E-state index in [0.29, 0.717) is 18.9 Å². The number of hydrogen-bond acceptors (Lipinski definition) is 6. The van der Waals surface area contributed by atoms with Crippen LogP contribution in [0.3, 0.4) is 0 Å². The molecule has 0 saturated carbocycles. The van der Waals surface area contributed by atoms with Crippen LogP contribution in [0.1, 0.15) is 49.4 Å². The van der Waals surface area contributed by atoms with Crippen molar-refractivity contribution in [2.75, 3.05) is 37.7 Å². The second-order valence-corrected chi connectivity index (χ2v) is 9.92. The molecule has 4 aliphatic rings. The van der Waals surface area contributed by atoms with E-state index >= 15 is 0 Å². The van der Waals surface area contributed by atoms with Crippen molar-refractivity contribution in [3.63, 3.8) is 0 Å². The molecule has 4 fully saturated rings. The average Bonchev–Trinajstić information content (AvgIpc) is 2.90. The number of ether oxygens (including phenoxy) is 1. The molecule has 1 aromatic carbocycles. The van der Waals surface area contributed by atoms with Crippen molar-refractivity contribution >= 4 is 11.8 Å². The van der Waals surface area contributed by atoms with Gasteiger partial charge in [0.25, 0.3) is 0 Å². The van der Waals surface area contributed by atoms with Gasteiger partial charge in [-0.25, -0.2) is 4.98 Å². The first kappa shape index (κ1) is 23.8. The van der Waals surface area contributed by atoms with Crippen LogP contribution in [0.15, 0.2) is 42.5 Å². The summed E-state index contributed by atoms with van der Waals surface area (Å²) in [7, 11) is 0. The number of rotatable bonds is 5. The molecule has 4 saturated heterocycles. The third-order valence-corrected chi connectivity index (χ3v) is 7.74. The molecule has 1 aromatic heterocycles. The van der Waals surface area contributed by atoms with E-state index in [9.17, 15) is 9.90 Å². The molecule has 5 heterocycles. The first-order chi connectivity index (χ1) is 17.1. The SMILES string of the molecule is CCOC(=O)C1CCN(c2ccc(C#CC3C(O)C4CCN3CC4)c(Cc3ccccc3)n2)CC1. The van der Waals surface area contributed by atoms with Gasteiger partial charge in [0.15, 0.2) is 0 Å². The van der Waals surface area contributed by atoms with Gasteiger partial charge in [0.05, 0.1) is 30.4 Å². The Hall–Kier alpha value is -2.88. The maximum Gasteiger partial charge on any atom is 0.309 e. The maximum atomic E-state index is 12.1. The monoisotopic (exact) mass is 473 g/mol. The zero-order valence-electron chi connectivity index (χ0n) is 20.5. The fraction of sp³-hybridized carbons (Fsp3) is 0.517. The lowest BCUT2D eigenvalue weighted by Gasteiger charge is -2.46. The average molecular weight is 474 g/mol. The number of fused-ring (bicyclic) bond motifs is 3. The van der Waals surface area contributed by atoms with Crippen LogP contribution < -0.4 is 4.90 Å². The number of aliphatic hydroxyl groups excluding tert-OH is 1. The zero-order valence-corrected chi connectivity index (χ0v) is 20.5. The van der Waals surface area contributed by atoms with Crippen LogP contribution in [0.25, 0.3) is 0 Å². The Kier molecular flexibility index (Phi) is 7.36.